The van der Waals surface area contributed by atoms with E-state index in [4.69, 9.17) is 4.74 Å². The van der Waals surface area contributed by atoms with Gasteiger partial charge in [0.25, 0.3) is 5.91 Å². The molecule has 2 N–H and O–H groups in total. The number of ether oxygens (including phenoxy) is 1. The highest BCUT2D eigenvalue weighted by atomic mass is 19.1. The molecule has 0 aliphatic carbocycles. The fourth-order valence-electron chi connectivity index (χ4n) is 1.98. The van der Waals surface area contributed by atoms with Gasteiger partial charge in [0, 0.05) is 6.04 Å². The summed E-state index contributed by atoms with van der Waals surface area (Å²) in [5, 5.41) is 12.2. The second-order valence-corrected chi connectivity index (χ2v) is 5.32. The lowest BCUT2D eigenvalue weighted by Gasteiger charge is -2.19. The van der Waals surface area contributed by atoms with Crippen LogP contribution in [0.15, 0.2) is 18.2 Å². The Bertz CT molecular complexity index is 477. The van der Waals surface area contributed by atoms with Crippen LogP contribution in [0.25, 0.3) is 0 Å². The zero-order valence-corrected chi connectivity index (χ0v) is 13.0. The fourth-order valence-corrected chi connectivity index (χ4v) is 1.98. The van der Waals surface area contributed by atoms with Gasteiger partial charge in [0.2, 0.25) is 0 Å². The van der Waals surface area contributed by atoms with Gasteiger partial charge in [-0.1, -0.05) is 19.4 Å². The average molecular weight is 297 g/mol. The van der Waals surface area contributed by atoms with Gasteiger partial charge in [-0.2, -0.15) is 0 Å². The molecule has 0 bridgehead atoms. The van der Waals surface area contributed by atoms with Crippen molar-refractivity contribution in [1.82, 2.24) is 5.32 Å². The van der Waals surface area contributed by atoms with E-state index < -0.39 is 18.0 Å². The molecule has 0 saturated carbocycles. The molecule has 1 aromatic rings. The first kappa shape index (κ1) is 17.4. The summed E-state index contributed by atoms with van der Waals surface area (Å²) >= 11 is 0. The van der Waals surface area contributed by atoms with Crippen molar-refractivity contribution in [2.75, 3.05) is 0 Å². The summed E-state index contributed by atoms with van der Waals surface area (Å²) in [7, 11) is 0. The van der Waals surface area contributed by atoms with Gasteiger partial charge in [-0.25, -0.2) is 4.39 Å². The van der Waals surface area contributed by atoms with Crippen LogP contribution in [0.1, 0.15) is 52.2 Å². The van der Waals surface area contributed by atoms with Crippen LogP contribution in [-0.4, -0.2) is 23.2 Å². The Kier molecular flexibility index (Phi) is 6.62. The number of benzene rings is 1. The van der Waals surface area contributed by atoms with Gasteiger partial charge in [0.15, 0.2) is 17.7 Å². The van der Waals surface area contributed by atoms with Crippen LogP contribution in [0.4, 0.5) is 4.39 Å². The molecule has 4 nitrogen and oxygen atoms in total. The zero-order valence-electron chi connectivity index (χ0n) is 13.0. The maximum atomic E-state index is 13.8. The van der Waals surface area contributed by atoms with Gasteiger partial charge in [-0.3, -0.25) is 4.79 Å². The largest absolute Gasteiger partial charge is 0.478 e. The summed E-state index contributed by atoms with van der Waals surface area (Å²) in [6.07, 6.45) is 0.336. The smallest absolute Gasteiger partial charge is 0.260 e. The van der Waals surface area contributed by atoms with Crippen molar-refractivity contribution in [3.63, 3.8) is 0 Å². The summed E-state index contributed by atoms with van der Waals surface area (Å²) in [5.41, 5.74) is 0.466. The number of nitrogens with one attached hydrogen (secondary N) is 1. The van der Waals surface area contributed by atoms with Crippen LogP contribution >= 0.6 is 0 Å². The van der Waals surface area contributed by atoms with Crippen molar-refractivity contribution in [3.05, 3.63) is 29.6 Å². The van der Waals surface area contributed by atoms with Crippen LogP contribution < -0.4 is 10.1 Å². The van der Waals surface area contributed by atoms with E-state index in [1.165, 1.54) is 12.1 Å². The highest BCUT2D eigenvalue weighted by Gasteiger charge is 2.18. The first-order valence-corrected chi connectivity index (χ1v) is 7.29. The second kappa shape index (κ2) is 7.98. The van der Waals surface area contributed by atoms with E-state index >= 15 is 0 Å². The highest BCUT2D eigenvalue weighted by molar-refractivity contribution is 5.80. The first-order chi connectivity index (χ1) is 9.85. The maximum Gasteiger partial charge on any atom is 0.260 e. The number of carbonyl (C=O) groups is 1. The molecule has 21 heavy (non-hydrogen) atoms. The van der Waals surface area contributed by atoms with Gasteiger partial charge in [-0.05, 0) is 44.9 Å². The summed E-state index contributed by atoms with van der Waals surface area (Å²) in [4.78, 5) is 11.9. The van der Waals surface area contributed by atoms with Gasteiger partial charge < -0.3 is 15.2 Å². The molecule has 0 fully saturated rings. The number of rotatable bonds is 7. The molecule has 0 heterocycles. The molecule has 0 aliphatic heterocycles. The molecule has 118 valence electrons. The van der Waals surface area contributed by atoms with E-state index in [0.29, 0.717) is 5.56 Å². The number of aliphatic hydroxyl groups excluding tert-OH is 1. The minimum Gasteiger partial charge on any atom is -0.478 e. The van der Waals surface area contributed by atoms with E-state index in [2.05, 4.69) is 5.32 Å². The van der Waals surface area contributed by atoms with Crippen molar-refractivity contribution in [2.24, 2.45) is 0 Å². The van der Waals surface area contributed by atoms with Crippen molar-refractivity contribution < 1.29 is 19.0 Å². The van der Waals surface area contributed by atoms with Crippen LogP contribution in [0.5, 0.6) is 5.75 Å². The van der Waals surface area contributed by atoms with Gasteiger partial charge in [0.05, 0.1) is 6.10 Å². The average Bonchev–Trinajstić information content (AvgIpc) is 2.40. The topological polar surface area (TPSA) is 58.6 Å². The number of aliphatic hydroxyl groups is 1. The monoisotopic (exact) mass is 297 g/mol. The molecule has 0 aromatic heterocycles. The number of carbonyl (C=O) groups excluding carboxylic acids is 1. The normalized spacial score (nSPS) is 15.1. The third-order valence-corrected chi connectivity index (χ3v) is 3.22. The lowest BCUT2D eigenvalue weighted by atomic mass is 10.1. The molecular weight excluding hydrogens is 273 g/mol. The van der Waals surface area contributed by atoms with E-state index in [9.17, 15) is 14.3 Å². The highest BCUT2D eigenvalue weighted by Crippen LogP contribution is 2.22. The van der Waals surface area contributed by atoms with E-state index in [-0.39, 0.29) is 17.7 Å². The minimum absolute atomic E-state index is 0.00481. The van der Waals surface area contributed by atoms with Crippen molar-refractivity contribution in [1.29, 1.82) is 0 Å². The number of hydrogen-bond donors (Lipinski definition) is 2. The number of amides is 1. The fraction of sp³-hybridized carbons (Fsp3) is 0.562. The maximum absolute atomic E-state index is 13.8. The summed E-state index contributed by atoms with van der Waals surface area (Å²) < 4.78 is 19.2. The minimum atomic E-state index is -0.781. The Morgan fingerprint density at radius 3 is 2.57 bits per heavy atom. The van der Waals surface area contributed by atoms with E-state index in [0.717, 1.165) is 12.8 Å². The van der Waals surface area contributed by atoms with Crippen LogP contribution in [0.2, 0.25) is 0 Å². The number of halogens is 1. The molecule has 3 atom stereocenters. The second-order valence-electron chi connectivity index (χ2n) is 5.32. The SMILES string of the molecule is CCCC(C)NC(=O)C(C)Oc1ccc([C@H](C)O)cc1F. The third kappa shape index (κ3) is 5.34. The lowest BCUT2D eigenvalue weighted by Crippen LogP contribution is -2.41. The first-order valence-electron chi connectivity index (χ1n) is 7.29. The summed E-state index contributed by atoms with van der Waals surface area (Å²) in [6, 6.07) is 4.28. The molecule has 5 heteroatoms. The Morgan fingerprint density at radius 2 is 2.05 bits per heavy atom. The third-order valence-electron chi connectivity index (χ3n) is 3.22. The van der Waals surface area contributed by atoms with Gasteiger partial charge >= 0.3 is 0 Å². The molecule has 1 rings (SSSR count). The summed E-state index contributed by atoms with van der Waals surface area (Å²) in [5.74, 6) is -0.852. The Morgan fingerprint density at radius 1 is 1.38 bits per heavy atom. The Labute approximate surface area is 125 Å². The molecule has 0 spiro atoms. The Balaban J connectivity index is 2.66. The predicted octanol–water partition coefficient (Wildman–Crippen LogP) is 2.95. The quantitative estimate of drug-likeness (QED) is 0.813. The number of hydrogen-bond acceptors (Lipinski definition) is 3. The van der Waals surface area contributed by atoms with Gasteiger partial charge in [-0.15, -0.1) is 0 Å². The zero-order chi connectivity index (χ0) is 16.0. The van der Waals surface area contributed by atoms with Crippen molar-refractivity contribution in [3.8, 4) is 5.75 Å². The van der Waals surface area contributed by atoms with Crippen LogP contribution in [0, 0.1) is 5.82 Å². The van der Waals surface area contributed by atoms with Gasteiger partial charge in [0.1, 0.15) is 0 Å². The molecule has 2 unspecified atom stereocenters. The van der Waals surface area contributed by atoms with E-state index in [1.807, 2.05) is 13.8 Å². The van der Waals surface area contributed by atoms with Crippen molar-refractivity contribution >= 4 is 5.91 Å². The van der Waals surface area contributed by atoms with Crippen LogP contribution in [0.3, 0.4) is 0 Å². The van der Waals surface area contributed by atoms with E-state index in [1.54, 1.807) is 19.9 Å². The molecule has 0 radical (unpaired) electrons. The molecular formula is C16H24FNO3. The standard InChI is InChI=1S/C16H24FNO3/c1-5-6-10(2)18-16(20)12(4)21-15-8-7-13(11(3)19)9-14(15)17/h7-12,19H,5-6H2,1-4H3,(H,18,20)/t10?,11-,12?/m0/s1. The van der Waals surface area contributed by atoms with Crippen LogP contribution in [-0.2, 0) is 4.79 Å². The molecule has 1 amide bonds. The molecule has 0 saturated heterocycles. The summed E-state index contributed by atoms with van der Waals surface area (Å²) in [6.45, 7) is 7.10. The lowest BCUT2D eigenvalue weighted by molar-refractivity contribution is -0.128. The molecule has 0 aliphatic rings. The molecule has 1 aromatic carbocycles. The van der Waals surface area contributed by atoms with Crippen molar-refractivity contribution in [2.45, 2.75) is 58.8 Å². The Hall–Kier alpha value is -1.62. The predicted molar refractivity (Wildman–Crippen MR) is 79.6 cm³/mol.